The molecule has 0 heterocycles. The van der Waals surface area contributed by atoms with Crippen LogP contribution in [0.5, 0.6) is 0 Å². The fraction of sp³-hybridized carbons (Fsp3) is 0.500. The molecule has 0 saturated heterocycles. The zero-order valence-electron chi connectivity index (χ0n) is 13.1. The summed E-state index contributed by atoms with van der Waals surface area (Å²) >= 11 is 0. The Bertz CT molecular complexity index is 510. The second-order valence-electron chi connectivity index (χ2n) is 6.19. The van der Waals surface area contributed by atoms with Gasteiger partial charge in [-0.15, -0.1) is 0 Å². The lowest BCUT2D eigenvalue weighted by Crippen LogP contribution is -2.42. The van der Waals surface area contributed by atoms with Crippen molar-refractivity contribution in [1.82, 2.24) is 10.6 Å². The number of nitrogens with one attached hydrogen (secondary N) is 2. The van der Waals surface area contributed by atoms with Crippen LogP contribution in [0.4, 0.5) is 4.79 Å². The summed E-state index contributed by atoms with van der Waals surface area (Å²) in [5, 5.41) is 14.5. The molecule has 0 radical (unpaired) electrons. The average Bonchev–Trinajstić information content (AvgIpc) is 2.43. The van der Waals surface area contributed by atoms with Crippen LogP contribution >= 0.6 is 0 Å². The Morgan fingerprint density at radius 2 is 1.90 bits per heavy atom. The van der Waals surface area contributed by atoms with Crippen molar-refractivity contribution >= 4 is 12.0 Å². The second kappa shape index (κ2) is 7.11. The summed E-state index contributed by atoms with van der Waals surface area (Å²) in [6, 6.07) is 6.28. The predicted molar refractivity (Wildman–Crippen MR) is 82.3 cm³/mol. The highest BCUT2D eigenvalue weighted by atomic mass is 16.4. The van der Waals surface area contributed by atoms with E-state index in [1.807, 2.05) is 0 Å². The SMILES string of the molecule is CC(C)C(C)(C)CNC(=O)NCc1cccc(C(=O)O)c1. The first-order valence-corrected chi connectivity index (χ1v) is 7.06. The van der Waals surface area contributed by atoms with E-state index in [1.165, 1.54) is 6.07 Å². The molecule has 0 aliphatic carbocycles. The maximum Gasteiger partial charge on any atom is 0.335 e. The summed E-state index contributed by atoms with van der Waals surface area (Å²) in [6.45, 7) is 9.34. The summed E-state index contributed by atoms with van der Waals surface area (Å²) in [4.78, 5) is 22.6. The van der Waals surface area contributed by atoms with Crippen molar-refractivity contribution in [2.45, 2.75) is 34.2 Å². The number of carboxylic acids is 1. The van der Waals surface area contributed by atoms with E-state index in [9.17, 15) is 9.59 Å². The Morgan fingerprint density at radius 1 is 1.24 bits per heavy atom. The number of carbonyl (C=O) groups is 2. The highest BCUT2D eigenvalue weighted by molar-refractivity contribution is 5.87. The van der Waals surface area contributed by atoms with E-state index >= 15 is 0 Å². The van der Waals surface area contributed by atoms with Crippen molar-refractivity contribution in [2.75, 3.05) is 6.54 Å². The number of hydrogen-bond donors (Lipinski definition) is 3. The van der Waals surface area contributed by atoms with Crippen molar-refractivity contribution in [3.63, 3.8) is 0 Å². The van der Waals surface area contributed by atoms with Gasteiger partial charge in [-0.25, -0.2) is 9.59 Å². The zero-order valence-corrected chi connectivity index (χ0v) is 13.1. The van der Waals surface area contributed by atoms with Crippen LogP contribution in [0.25, 0.3) is 0 Å². The molecule has 0 aliphatic heterocycles. The van der Waals surface area contributed by atoms with E-state index < -0.39 is 5.97 Å². The van der Waals surface area contributed by atoms with Crippen LogP contribution < -0.4 is 10.6 Å². The predicted octanol–water partition coefficient (Wildman–Crippen LogP) is 2.87. The first kappa shape index (κ1) is 17.0. The van der Waals surface area contributed by atoms with Crippen LogP contribution in [0.1, 0.15) is 43.6 Å². The van der Waals surface area contributed by atoms with Gasteiger partial charge < -0.3 is 15.7 Å². The van der Waals surface area contributed by atoms with E-state index in [-0.39, 0.29) is 17.0 Å². The van der Waals surface area contributed by atoms with Gasteiger partial charge in [-0.1, -0.05) is 39.8 Å². The van der Waals surface area contributed by atoms with Crippen LogP contribution in [-0.2, 0) is 6.54 Å². The minimum Gasteiger partial charge on any atom is -0.478 e. The third kappa shape index (κ3) is 5.45. The first-order chi connectivity index (χ1) is 9.72. The minimum absolute atomic E-state index is 0.0283. The molecular formula is C16H24N2O3. The molecule has 0 unspecified atom stereocenters. The number of benzene rings is 1. The molecule has 2 amide bonds. The number of urea groups is 1. The van der Waals surface area contributed by atoms with Crippen LogP contribution in [0.15, 0.2) is 24.3 Å². The molecular weight excluding hydrogens is 268 g/mol. The maximum absolute atomic E-state index is 11.8. The van der Waals surface area contributed by atoms with Crippen molar-refractivity contribution in [3.05, 3.63) is 35.4 Å². The van der Waals surface area contributed by atoms with Gasteiger partial charge in [0.05, 0.1) is 5.56 Å². The van der Waals surface area contributed by atoms with Crippen LogP contribution in [0.3, 0.4) is 0 Å². The van der Waals surface area contributed by atoms with E-state index in [0.29, 0.717) is 19.0 Å². The van der Waals surface area contributed by atoms with Crippen molar-refractivity contribution in [1.29, 1.82) is 0 Å². The van der Waals surface area contributed by atoms with Gasteiger partial charge in [-0.2, -0.15) is 0 Å². The average molecular weight is 292 g/mol. The third-order valence-corrected chi connectivity index (χ3v) is 3.89. The number of carbonyl (C=O) groups excluding carboxylic acids is 1. The quantitative estimate of drug-likeness (QED) is 0.754. The smallest absolute Gasteiger partial charge is 0.335 e. The summed E-state index contributed by atoms with van der Waals surface area (Å²) in [7, 11) is 0. The molecule has 0 aromatic heterocycles. The fourth-order valence-corrected chi connectivity index (χ4v) is 1.57. The molecule has 0 bridgehead atoms. The number of amides is 2. The molecule has 1 aromatic carbocycles. The molecule has 5 nitrogen and oxygen atoms in total. The van der Waals surface area contributed by atoms with E-state index in [2.05, 4.69) is 38.3 Å². The summed E-state index contributed by atoms with van der Waals surface area (Å²) in [5.41, 5.74) is 1.00. The van der Waals surface area contributed by atoms with Crippen molar-refractivity contribution in [3.8, 4) is 0 Å². The van der Waals surface area contributed by atoms with Gasteiger partial charge in [0, 0.05) is 13.1 Å². The fourth-order valence-electron chi connectivity index (χ4n) is 1.57. The molecule has 1 rings (SSSR count). The Kier molecular flexibility index (Phi) is 5.76. The van der Waals surface area contributed by atoms with Crippen LogP contribution in [-0.4, -0.2) is 23.7 Å². The van der Waals surface area contributed by atoms with Crippen LogP contribution in [0.2, 0.25) is 0 Å². The highest BCUT2D eigenvalue weighted by Gasteiger charge is 2.22. The van der Waals surface area contributed by atoms with Gasteiger partial charge in [0.1, 0.15) is 0 Å². The Morgan fingerprint density at radius 3 is 2.48 bits per heavy atom. The van der Waals surface area contributed by atoms with Gasteiger partial charge in [0.15, 0.2) is 0 Å². The Balaban J connectivity index is 2.47. The number of hydrogen-bond acceptors (Lipinski definition) is 2. The van der Waals surface area contributed by atoms with E-state index in [1.54, 1.807) is 18.2 Å². The Labute approximate surface area is 125 Å². The normalized spacial score (nSPS) is 11.3. The summed E-state index contributed by atoms with van der Waals surface area (Å²) in [6.07, 6.45) is 0. The van der Waals surface area contributed by atoms with E-state index in [0.717, 1.165) is 5.56 Å². The lowest BCUT2D eigenvalue weighted by atomic mass is 9.81. The second-order valence-corrected chi connectivity index (χ2v) is 6.19. The molecule has 1 aromatic rings. The monoisotopic (exact) mass is 292 g/mol. The van der Waals surface area contributed by atoms with Gasteiger partial charge in [-0.3, -0.25) is 0 Å². The minimum atomic E-state index is -0.972. The lowest BCUT2D eigenvalue weighted by molar-refractivity contribution is 0.0696. The molecule has 0 spiro atoms. The van der Waals surface area contributed by atoms with Gasteiger partial charge in [0.25, 0.3) is 0 Å². The first-order valence-electron chi connectivity index (χ1n) is 7.06. The van der Waals surface area contributed by atoms with Crippen LogP contribution in [0, 0.1) is 11.3 Å². The Hall–Kier alpha value is -2.04. The summed E-state index contributed by atoms with van der Waals surface area (Å²) < 4.78 is 0. The zero-order chi connectivity index (χ0) is 16.0. The maximum atomic E-state index is 11.8. The summed E-state index contributed by atoms with van der Waals surface area (Å²) in [5.74, 6) is -0.509. The van der Waals surface area contributed by atoms with Gasteiger partial charge in [-0.05, 0) is 29.0 Å². The van der Waals surface area contributed by atoms with Crippen molar-refractivity contribution in [2.24, 2.45) is 11.3 Å². The molecule has 0 saturated carbocycles. The molecule has 0 atom stereocenters. The number of aromatic carboxylic acids is 1. The third-order valence-electron chi connectivity index (χ3n) is 3.89. The highest BCUT2D eigenvalue weighted by Crippen LogP contribution is 2.24. The van der Waals surface area contributed by atoms with Crippen molar-refractivity contribution < 1.29 is 14.7 Å². The lowest BCUT2D eigenvalue weighted by Gasteiger charge is -2.29. The number of carboxylic acid groups (broad SMARTS) is 1. The molecule has 0 aliphatic rings. The van der Waals surface area contributed by atoms with E-state index in [4.69, 9.17) is 5.11 Å². The largest absolute Gasteiger partial charge is 0.478 e. The molecule has 116 valence electrons. The standard InChI is InChI=1S/C16H24N2O3/c1-11(2)16(3,4)10-18-15(21)17-9-12-6-5-7-13(8-12)14(19)20/h5-8,11H,9-10H2,1-4H3,(H,19,20)(H2,17,18,21). The molecule has 0 fully saturated rings. The van der Waals surface area contributed by atoms with Gasteiger partial charge in [0.2, 0.25) is 0 Å². The molecule has 3 N–H and O–H groups in total. The topological polar surface area (TPSA) is 78.4 Å². The van der Waals surface area contributed by atoms with Gasteiger partial charge >= 0.3 is 12.0 Å². The molecule has 5 heteroatoms. The molecule has 21 heavy (non-hydrogen) atoms. The number of rotatable bonds is 6.